The molecule has 0 atom stereocenters. The van der Waals surface area contributed by atoms with Crippen molar-refractivity contribution >= 4 is 0 Å². The van der Waals surface area contributed by atoms with Crippen LogP contribution in [0.25, 0.3) is 5.69 Å². The Hall–Kier alpha value is -1.68. The Bertz CT molecular complexity index is 473. The summed E-state index contributed by atoms with van der Waals surface area (Å²) >= 11 is 0. The minimum Gasteiger partial charge on any atom is -0.325 e. The van der Waals surface area contributed by atoms with Crippen LogP contribution in [0.2, 0.25) is 0 Å². The van der Waals surface area contributed by atoms with Crippen molar-refractivity contribution in [1.82, 2.24) is 15.0 Å². The molecule has 0 spiro atoms. The van der Waals surface area contributed by atoms with Crippen LogP contribution in [0.1, 0.15) is 16.8 Å². The van der Waals surface area contributed by atoms with E-state index in [0.29, 0.717) is 6.54 Å². The van der Waals surface area contributed by atoms with Gasteiger partial charge in [0, 0.05) is 6.54 Å². The molecule has 0 amide bonds. The van der Waals surface area contributed by atoms with Gasteiger partial charge in [-0.15, -0.1) is 5.10 Å². The highest BCUT2D eigenvalue weighted by molar-refractivity contribution is 5.42. The van der Waals surface area contributed by atoms with Gasteiger partial charge in [0.1, 0.15) is 0 Å². The Morgan fingerprint density at radius 3 is 2.80 bits per heavy atom. The summed E-state index contributed by atoms with van der Waals surface area (Å²) in [4.78, 5) is 0. The standard InChI is InChI=1S/C11H14N4/c1-8-3-4-11(9(2)5-8)15-10(6-12)7-13-14-15/h3-5,7H,6,12H2,1-2H3. The van der Waals surface area contributed by atoms with Crippen LogP contribution in [0.5, 0.6) is 0 Å². The van der Waals surface area contributed by atoms with Gasteiger partial charge >= 0.3 is 0 Å². The molecule has 78 valence electrons. The van der Waals surface area contributed by atoms with E-state index in [2.05, 4.69) is 36.3 Å². The van der Waals surface area contributed by atoms with Crippen molar-refractivity contribution in [3.8, 4) is 5.69 Å². The van der Waals surface area contributed by atoms with Crippen LogP contribution in [-0.2, 0) is 6.54 Å². The zero-order chi connectivity index (χ0) is 10.8. The van der Waals surface area contributed by atoms with Gasteiger partial charge in [-0.3, -0.25) is 0 Å². The first-order valence-electron chi connectivity index (χ1n) is 4.89. The van der Waals surface area contributed by atoms with Crippen LogP contribution in [0.4, 0.5) is 0 Å². The van der Waals surface area contributed by atoms with Crippen molar-refractivity contribution in [2.45, 2.75) is 20.4 Å². The van der Waals surface area contributed by atoms with Gasteiger partial charge in [-0.05, 0) is 25.5 Å². The van der Waals surface area contributed by atoms with Crippen LogP contribution < -0.4 is 5.73 Å². The predicted molar refractivity (Wildman–Crippen MR) is 58.7 cm³/mol. The topological polar surface area (TPSA) is 56.7 Å². The van der Waals surface area contributed by atoms with E-state index in [1.165, 1.54) is 11.1 Å². The Balaban J connectivity index is 2.54. The van der Waals surface area contributed by atoms with E-state index in [9.17, 15) is 0 Å². The number of hydrogen-bond acceptors (Lipinski definition) is 3. The molecule has 4 heteroatoms. The maximum Gasteiger partial charge on any atom is 0.0781 e. The number of nitrogens with zero attached hydrogens (tertiary/aromatic N) is 3. The molecule has 0 saturated carbocycles. The van der Waals surface area contributed by atoms with E-state index in [0.717, 1.165) is 11.4 Å². The number of hydrogen-bond donors (Lipinski definition) is 1. The van der Waals surface area contributed by atoms with Crippen molar-refractivity contribution in [1.29, 1.82) is 0 Å². The molecule has 1 aromatic carbocycles. The van der Waals surface area contributed by atoms with E-state index < -0.39 is 0 Å². The van der Waals surface area contributed by atoms with Crippen LogP contribution in [0.15, 0.2) is 24.4 Å². The average molecular weight is 202 g/mol. The van der Waals surface area contributed by atoms with E-state index in [-0.39, 0.29) is 0 Å². The molecule has 0 bridgehead atoms. The molecule has 0 aliphatic heterocycles. The molecule has 0 aliphatic rings. The highest BCUT2D eigenvalue weighted by Crippen LogP contribution is 2.15. The van der Waals surface area contributed by atoms with Gasteiger partial charge in [-0.2, -0.15) is 0 Å². The zero-order valence-corrected chi connectivity index (χ0v) is 8.94. The molecule has 1 heterocycles. The minimum atomic E-state index is 0.445. The van der Waals surface area contributed by atoms with Gasteiger partial charge in [0.15, 0.2) is 0 Å². The quantitative estimate of drug-likeness (QED) is 0.799. The fraction of sp³-hybridized carbons (Fsp3) is 0.273. The second-order valence-electron chi connectivity index (χ2n) is 3.63. The fourth-order valence-electron chi connectivity index (χ4n) is 1.64. The lowest BCUT2D eigenvalue weighted by Gasteiger charge is -2.08. The molecule has 0 fully saturated rings. The Morgan fingerprint density at radius 2 is 2.13 bits per heavy atom. The second kappa shape index (κ2) is 3.82. The summed E-state index contributed by atoms with van der Waals surface area (Å²) in [6.07, 6.45) is 1.69. The number of aromatic nitrogens is 3. The monoisotopic (exact) mass is 202 g/mol. The van der Waals surface area contributed by atoms with Crippen LogP contribution in [0, 0.1) is 13.8 Å². The van der Waals surface area contributed by atoms with Gasteiger partial charge in [0.05, 0.1) is 17.6 Å². The van der Waals surface area contributed by atoms with E-state index in [4.69, 9.17) is 5.73 Å². The first kappa shape index (κ1) is 9.86. The average Bonchev–Trinajstić information content (AvgIpc) is 2.65. The van der Waals surface area contributed by atoms with Gasteiger partial charge in [-0.1, -0.05) is 22.9 Å². The Morgan fingerprint density at radius 1 is 1.33 bits per heavy atom. The molecule has 2 aromatic rings. The molecule has 2 rings (SSSR count). The van der Waals surface area contributed by atoms with Crippen molar-refractivity contribution < 1.29 is 0 Å². The second-order valence-corrected chi connectivity index (χ2v) is 3.63. The molecule has 2 N–H and O–H groups in total. The first-order chi connectivity index (χ1) is 7.22. The number of benzene rings is 1. The summed E-state index contributed by atoms with van der Waals surface area (Å²) in [7, 11) is 0. The first-order valence-corrected chi connectivity index (χ1v) is 4.89. The van der Waals surface area contributed by atoms with Gasteiger partial charge in [0.2, 0.25) is 0 Å². The number of rotatable bonds is 2. The van der Waals surface area contributed by atoms with Crippen molar-refractivity contribution in [2.75, 3.05) is 0 Å². The lowest BCUT2D eigenvalue weighted by Crippen LogP contribution is -2.08. The summed E-state index contributed by atoms with van der Waals surface area (Å²) in [5.74, 6) is 0. The predicted octanol–water partition coefficient (Wildman–Crippen LogP) is 1.34. The molecule has 0 aliphatic carbocycles. The Kier molecular flexibility index (Phi) is 2.51. The SMILES string of the molecule is Cc1ccc(-n2nncc2CN)c(C)c1. The minimum absolute atomic E-state index is 0.445. The summed E-state index contributed by atoms with van der Waals surface area (Å²) in [5.41, 5.74) is 9.99. The van der Waals surface area contributed by atoms with E-state index in [1.54, 1.807) is 10.9 Å². The van der Waals surface area contributed by atoms with Crippen molar-refractivity contribution in [2.24, 2.45) is 5.73 Å². The maximum absolute atomic E-state index is 5.61. The molecule has 0 saturated heterocycles. The molecular formula is C11H14N4. The largest absolute Gasteiger partial charge is 0.325 e. The maximum atomic E-state index is 5.61. The summed E-state index contributed by atoms with van der Waals surface area (Å²) < 4.78 is 1.79. The van der Waals surface area contributed by atoms with E-state index in [1.807, 2.05) is 6.07 Å². The smallest absolute Gasteiger partial charge is 0.0781 e. The van der Waals surface area contributed by atoms with Crippen molar-refractivity contribution in [3.63, 3.8) is 0 Å². The molecule has 4 nitrogen and oxygen atoms in total. The fourth-order valence-corrected chi connectivity index (χ4v) is 1.64. The molecule has 0 radical (unpaired) electrons. The summed E-state index contributed by atoms with van der Waals surface area (Å²) in [6, 6.07) is 6.22. The molecular weight excluding hydrogens is 188 g/mol. The zero-order valence-electron chi connectivity index (χ0n) is 8.94. The highest BCUT2D eigenvalue weighted by atomic mass is 15.4. The molecule has 0 unspecified atom stereocenters. The highest BCUT2D eigenvalue weighted by Gasteiger charge is 2.06. The van der Waals surface area contributed by atoms with Crippen LogP contribution >= 0.6 is 0 Å². The van der Waals surface area contributed by atoms with Gasteiger partial charge in [0.25, 0.3) is 0 Å². The van der Waals surface area contributed by atoms with Crippen LogP contribution in [0.3, 0.4) is 0 Å². The number of nitrogens with two attached hydrogens (primary N) is 1. The van der Waals surface area contributed by atoms with Gasteiger partial charge < -0.3 is 5.73 Å². The van der Waals surface area contributed by atoms with E-state index >= 15 is 0 Å². The van der Waals surface area contributed by atoms with Gasteiger partial charge in [-0.25, -0.2) is 4.68 Å². The summed E-state index contributed by atoms with van der Waals surface area (Å²) in [6.45, 7) is 4.58. The Labute approximate surface area is 88.7 Å². The molecule has 15 heavy (non-hydrogen) atoms. The van der Waals surface area contributed by atoms with Crippen molar-refractivity contribution in [3.05, 3.63) is 41.2 Å². The van der Waals surface area contributed by atoms with Crippen LogP contribution in [-0.4, -0.2) is 15.0 Å². The third-order valence-corrected chi connectivity index (χ3v) is 2.41. The third kappa shape index (κ3) is 1.76. The number of aryl methyl sites for hydroxylation is 2. The normalized spacial score (nSPS) is 10.6. The third-order valence-electron chi connectivity index (χ3n) is 2.41. The molecule has 1 aromatic heterocycles. The summed E-state index contributed by atoms with van der Waals surface area (Å²) in [5, 5.41) is 7.90. The lowest BCUT2D eigenvalue weighted by molar-refractivity contribution is 0.757. The lowest BCUT2D eigenvalue weighted by atomic mass is 10.1.